The van der Waals surface area contributed by atoms with Gasteiger partial charge in [-0.3, -0.25) is 4.90 Å². The number of hydrogen-bond acceptors (Lipinski definition) is 3. The van der Waals surface area contributed by atoms with Gasteiger partial charge < -0.3 is 9.80 Å². The molecule has 0 aromatic rings. The van der Waals surface area contributed by atoms with Crippen LogP contribution in [-0.2, 0) is 0 Å². The lowest BCUT2D eigenvalue weighted by atomic mass is 9.98. The summed E-state index contributed by atoms with van der Waals surface area (Å²) in [6.07, 6.45) is 6.94. The Morgan fingerprint density at radius 3 is 2.26 bits per heavy atom. The molecule has 0 radical (unpaired) electrons. The topological polar surface area (TPSA) is 9.72 Å². The second-order valence-electron chi connectivity index (χ2n) is 6.98. The van der Waals surface area contributed by atoms with E-state index in [1.807, 2.05) is 0 Å². The van der Waals surface area contributed by atoms with Crippen molar-refractivity contribution in [1.82, 2.24) is 14.7 Å². The van der Waals surface area contributed by atoms with E-state index >= 15 is 0 Å². The van der Waals surface area contributed by atoms with Crippen molar-refractivity contribution in [3.63, 3.8) is 0 Å². The zero-order chi connectivity index (χ0) is 13.8. The molecule has 0 aromatic heterocycles. The molecule has 3 nitrogen and oxygen atoms in total. The molecule has 2 heterocycles. The van der Waals surface area contributed by atoms with Crippen LogP contribution in [0.15, 0.2) is 0 Å². The SMILES string of the molecule is CC(C)N1CCCC[C@H]1CN1CCC(N(C)C)CC1. The molecule has 3 heteroatoms. The summed E-state index contributed by atoms with van der Waals surface area (Å²) in [6.45, 7) is 9.93. The van der Waals surface area contributed by atoms with Crippen molar-refractivity contribution < 1.29 is 0 Å². The third-order valence-electron chi connectivity index (χ3n) is 5.09. The van der Waals surface area contributed by atoms with Crippen molar-refractivity contribution in [2.45, 2.75) is 64.1 Å². The summed E-state index contributed by atoms with van der Waals surface area (Å²) in [4.78, 5) is 7.85. The Kier molecular flexibility index (Phi) is 5.67. The molecule has 19 heavy (non-hydrogen) atoms. The maximum Gasteiger partial charge on any atom is 0.0225 e. The molecule has 0 saturated carbocycles. The summed E-state index contributed by atoms with van der Waals surface area (Å²) in [6, 6.07) is 2.33. The highest BCUT2D eigenvalue weighted by Crippen LogP contribution is 2.22. The fourth-order valence-corrected chi connectivity index (χ4v) is 3.82. The normalized spacial score (nSPS) is 28.4. The van der Waals surface area contributed by atoms with Gasteiger partial charge in [0, 0.05) is 24.7 Å². The number of hydrogen-bond donors (Lipinski definition) is 0. The smallest absolute Gasteiger partial charge is 0.0225 e. The van der Waals surface area contributed by atoms with E-state index in [4.69, 9.17) is 0 Å². The molecule has 112 valence electrons. The fourth-order valence-electron chi connectivity index (χ4n) is 3.82. The van der Waals surface area contributed by atoms with E-state index in [0.717, 1.165) is 12.1 Å². The zero-order valence-electron chi connectivity index (χ0n) is 13.4. The summed E-state index contributed by atoms with van der Waals surface area (Å²) in [5, 5.41) is 0. The molecule has 0 N–H and O–H groups in total. The third-order valence-corrected chi connectivity index (χ3v) is 5.09. The fraction of sp³-hybridized carbons (Fsp3) is 1.00. The van der Waals surface area contributed by atoms with Crippen LogP contribution in [0.1, 0.15) is 46.0 Å². The molecule has 2 rings (SSSR count). The standard InChI is InChI=1S/C16H33N3/c1-14(2)19-10-6-5-7-16(19)13-18-11-8-15(9-12-18)17(3)4/h14-16H,5-13H2,1-4H3/t16-/m0/s1. The predicted octanol–water partition coefficient (Wildman–Crippen LogP) is 2.28. The van der Waals surface area contributed by atoms with Crippen LogP contribution in [0.5, 0.6) is 0 Å². The summed E-state index contributed by atoms with van der Waals surface area (Å²) in [7, 11) is 4.45. The van der Waals surface area contributed by atoms with Crippen molar-refractivity contribution in [2.24, 2.45) is 0 Å². The average Bonchev–Trinajstić information content (AvgIpc) is 2.39. The first-order valence-corrected chi connectivity index (χ1v) is 8.22. The van der Waals surface area contributed by atoms with Gasteiger partial charge in [-0.05, 0) is 73.3 Å². The quantitative estimate of drug-likeness (QED) is 0.774. The highest BCUT2D eigenvalue weighted by molar-refractivity contribution is 4.85. The van der Waals surface area contributed by atoms with Crippen LogP contribution in [0.3, 0.4) is 0 Å². The molecule has 0 bridgehead atoms. The minimum atomic E-state index is 0.713. The molecule has 0 spiro atoms. The summed E-state index contributed by atoms with van der Waals surface area (Å²) >= 11 is 0. The first-order chi connectivity index (χ1) is 9.08. The van der Waals surface area contributed by atoms with Gasteiger partial charge in [0.25, 0.3) is 0 Å². The van der Waals surface area contributed by atoms with E-state index in [0.29, 0.717) is 6.04 Å². The third kappa shape index (κ3) is 4.17. The van der Waals surface area contributed by atoms with Gasteiger partial charge in [0.1, 0.15) is 0 Å². The van der Waals surface area contributed by atoms with E-state index in [1.165, 1.54) is 58.3 Å². The maximum atomic E-state index is 2.74. The zero-order valence-corrected chi connectivity index (χ0v) is 13.4. The lowest BCUT2D eigenvalue weighted by Gasteiger charge is -2.43. The number of nitrogens with zero attached hydrogens (tertiary/aromatic N) is 3. The number of piperidine rings is 2. The Bertz CT molecular complexity index is 257. The lowest BCUT2D eigenvalue weighted by Crippen LogP contribution is -2.52. The van der Waals surface area contributed by atoms with Crippen LogP contribution in [0.25, 0.3) is 0 Å². The van der Waals surface area contributed by atoms with Crippen LogP contribution in [0.2, 0.25) is 0 Å². The molecule has 0 amide bonds. The molecule has 0 aromatic carbocycles. The van der Waals surface area contributed by atoms with Gasteiger partial charge in [-0.15, -0.1) is 0 Å². The monoisotopic (exact) mass is 267 g/mol. The Balaban J connectivity index is 1.80. The minimum absolute atomic E-state index is 0.713. The number of rotatable bonds is 4. The Labute approximate surface area is 119 Å². The van der Waals surface area contributed by atoms with Gasteiger partial charge in [0.2, 0.25) is 0 Å². The van der Waals surface area contributed by atoms with Crippen LogP contribution in [0.4, 0.5) is 0 Å². The molecule has 1 atom stereocenters. The molecule has 0 aliphatic carbocycles. The van der Waals surface area contributed by atoms with E-state index in [9.17, 15) is 0 Å². The molecular weight excluding hydrogens is 234 g/mol. The Hall–Kier alpha value is -0.120. The van der Waals surface area contributed by atoms with E-state index in [-0.39, 0.29) is 0 Å². The second kappa shape index (κ2) is 7.05. The van der Waals surface area contributed by atoms with Crippen molar-refractivity contribution in [3.8, 4) is 0 Å². The second-order valence-corrected chi connectivity index (χ2v) is 6.98. The molecular formula is C16H33N3. The summed E-state index contributed by atoms with van der Waals surface area (Å²) < 4.78 is 0. The van der Waals surface area contributed by atoms with Crippen molar-refractivity contribution in [1.29, 1.82) is 0 Å². The average molecular weight is 267 g/mol. The highest BCUT2D eigenvalue weighted by Gasteiger charge is 2.28. The highest BCUT2D eigenvalue weighted by atomic mass is 15.2. The first kappa shape index (κ1) is 15.3. The van der Waals surface area contributed by atoms with Gasteiger partial charge in [-0.25, -0.2) is 0 Å². The number of likely N-dealkylation sites (tertiary alicyclic amines) is 2. The van der Waals surface area contributed by atoms with Crippen LogP contribution >= 0.6 is 0 Å². The van der Waals surface area contributed by atoms with Gasteiger partial charge in [-0.1, -0.05) is 6.42 Å². The summed E-state index contributed by atoms with van der Waals surface area (Å²) in [5.74, 6) is 0. The van der Waals surface area contributed by atoms with Crippen molar-refractivity contribution in [2.75, 3.05) is 40.3 Å². The predicted molar refractivity (Wildman–Crippen MR) is 82.6 cm³/mol. The maximum absolute atomic E-state index is 2.74. The molecule has 2 aliphatic heterocycles. The van der Waals surface area contributed by atoms with Gasteiger partial charge in [0.05, 0.1) is 0 Å². The molecule has 2 fully saturated rings. The molecule has 2 aliphatic rings. The van der Waals surface area contributed by atoms with E-state index < -0.39 is 0 Å². The lowest BCUT2D eigenvalue weighted by molar-refractivity contribution is 0.0603. The van der Waals surface area contributed by atoms with Crippen LogP contribution < -0.4 is 0 Å². The Morgan fingerprint density at radius 2 is 1.68 bits per heavy atom. The molecule has 0 unspecified atom stereocenters. The first-order valence-electron chi connectivity index (χ1n) is 8.22. The summed E-state index contributed by atoms with van der Waals surface area (Å²) in [5.41, 5.74) is 0. The van der Waals surface area contributed by atoms with E-state index in [2.05, 4.69) is 42.6 Å². The van der Waals surface area contributed by atoms with Crippen molar-refractivity contribution >= 4 is 0 Å². The van der Waals surface area contributed by atoms with Crippen molar-refractivity contribution in [3.05, 3.63) is 0 Å². The van der Waals surface area contributed by atoms with Gasteiger partial charge in [0.15, 0.2) is 0 Å². The van der Waals surface area contributed by atoms with Gasteiger partial charge >= 0.3 is 0 Å². The van der Waals surface area contributed by atoms with Gasteiger partial charge in [-0.2, -0.15) is 0 Å². The Morgan fingerprint density at radius 1 is 1.00 bits per heavy atom. The van der Waals surface area contributed by atoms with E-state index in [1.54, 1.807) is 0 Å². The van der Waals surface area contributed by atoms with Crippen LogP contribution in [0, 0.1) is 0 Å². The van der Waals surface area contributed by atoms with Crippen LogP contribution in [-0.4, -0.2) is 73.1 Å². The largest absolute Gasteiger partial charge is 0.306 e. The molecule has 2 saturated heterocycles. The minimum Gasteiger partial charge on any atom is -0.306 e.